The van der Waals surface area contributed by atoms with Crippen LogP contribution in [0.5, 0.6) is 0 Å². The molecular weight excluding hydrogens is 838 g/mol. The van der Waals surface area contributed by atoms with E-state index in [1.54, 1.807) is 0 Å². The zero-order valence-electron chi connectivity index (χ0n) is 38.4. The van der Waals surface area contributed by atoms with Crippen molar-refractivity contribution >= 4 is 97.0 Å². The molecule has 0 aromatic heterocycles. The molecule has 0 atom stereocenters. The van der Waals surface area contributed by atoms with Crippen LogP contribution in [0.3, 0.4) is 0 Å². The van der Waals surface area contributed by atoms with Gasteiger partial charge in [-0.25, -0.2) is 4.85 Å². The number of hydrogen-bond acceptors (Lipinski definition) is 4. The second kappa shape index (κ2) is 17.3. The molecule has 2 heterocycles. The van der Waals surface area contributed by atoms with E-state index in [1.807, 2.05) is 18.2 Å². The van der Waals surface area contributed by atoms with E-state index in [0.717, 1.165) is 79.4 Å². The lowest BCUT2D eigenvalue weighted by Gasteiger charge is -2.45. The Hall–Kier alpha value is -9.05. The molecule has 0 fully saturated rings. The van der Waals surface area contributed by atoms with E-state index in [2.05, 4.69) is 263 Å². The van der Waals surface area contributed by atoms with Gasteiger partial charge in [-0.15, -0.1) is 0 Å². The first-order valence-corrected chi connectivity index (χ1v) is 23.5. The van der Waals surface area contributed by atoms with Crippen LogP contribution < -0.4 is 36.0 Å². The number of rotatable bonds is 9. The maximum Gasteiger partial charge on any atom is 0.252 e. The van der Waals surface area contributed by atoms with Gasteiger partial charge in [-0.2, -0.15) is 0 Å². The molecule has 0 saturated heterocycles. The molecule has 10 aromatic carbocycles. The van der Waals surface area contributed by atoms with Gasteiger partial charge in [0.1, 0.15) is 0 Å². The van der Waals surface area contributed by atoms with Crippen molar-refractivity contribution in [3.05, 3.63) is 265 Å². The monoisotopic (exact) mass is 883 g/mol. The van der Waals surface area contributed by atoms with Crippen LogP contribution in [-0.4, -0.2) is 6.71 Å². The quantitative estimate of drug-likeness (QED) is 0.106. The Morgan fingerprint density at radius 3 is 1.16 bits per heavy atom. The first-order valence-electron chi connectivity index (χ1n) is 23.5. The number of benzene rings is 10. The normalized spacial score (nSPS) is 12.1. The first-order chi connectivity index (χ1) is 34.0. The topological polar surface area (TPSA) is 17.3 Å². The van der Waals surface area contributed by atoms with Crippen molar-refractivity contribution < 1.29 is 0 Å². The molecule has 10 aromatic rings. The summed E-state index contributed by atoms with van der Waals surface area (Å²) in [5.41, 5.74) is 21.7. The van der Waals surface area contributed by atoms with E-state index in [-0.39, 0.29) is 6.71 Å². The molecule has 0 bridgehead atoms. The number of aryl methyl sites for hydroxylation is 2. The van der Waals surface area contributed by atoms with Crippen LogP contribution in [0, 0.1) is 20.4 Å². The third-order valence-corrected chi connectivity index (χ3v) is 13.5. The van der Waals surface area contributed by atoms with Crippen molar-refractivity contribution in [1.82, 2.24) is 0 Å². The molecule has 5 nitrogen and oxygen atoms in total. The summed E-state index contributed by atoms with van der Waals surface area (Å²) in [6, 6.07) is 87.3. The molecule has 0 N–H and O–H groups in total. The van der Waals surface area contributed by atoms with Gasteiger partial charge in [0.2, 0.25) is 0 Å². The number of fused-ring (bicyclic) bond motifs is 4. The van der Waals surface area contributed by atoms with Gasteiger partial charge in [-0.1, -0.05) is 126 Å². The highest BCUT2D eigenvalue weighted by atomic mass is 15.2. The molecule has 0 amide bonds. The third kappa shape index (κ3) is 7.38. The van der Waals surface area contributed by atoms with Gasteiger partial charge in [0.15, 0.2) is 5.69 Å². The molecule has 2 aliphatic rings. The van der Waals surface area contributed by atoms with Gasteiger partial charge < -0.3 is 19.6 Å². The fraction of sp³-hybridized carbons (Fsp3) is 0.0317. The summed E-state index contributed by atoms with van der Waals surface area (Å²) in [6.07, 6.45) is 0. The second-order valence-corrected chi connectivity index (χ2v) is 17.9. The lowest BCUT2D eigenvalue weighted by Crippen LogP contribution is -2.61. The summed E-state index contributed by atoms with van der Waals surface area (Å²) in [4.78, 5) is 13.5. The van der Waals surface area contributed by atoms with Gasteiger partial charge >= 0.3 is 0 Å². The largest absolute Gasteiger partial charge is 0.311 e. The summed E-state index contributed by atoms with van der Waals surface area (Å²) in [5.74, 6) is 0. The molecule has 0 unspecified atom stereocenters. The molecule has 326 valence electrons. The van der Waals surface area contributed by atoms with Crippen molar-refractivity contribution in [1.29, 1.82) is 0 Å². The Balaban J connectivity index is 1.19. The third-order valence-electron chi connectivity index (χ3n) is 13.5. The van der Waals surface area contributed by atoms with Crippen LogP contribution in [0.1, 0.15) is 11.1 Å². The SMILES string of the molecule is [C-]#[N+]c1cccc(-c2cc3c4c(c2)N(c2ccc(C)cc2)c2ccc(N(c5ccccc5)c5ccccc5)cc2B4c2cc(N(c4ccccc4)c4ccccc4)ccc2N3c2ccc(C)cc2)c1. The Bertz CT molecular complexity index is 3250. The average Bonchev–Trinajstić information content (AvgIpc) is 3.40. The first kappa shape index (κ1) is 41.4. The number of hydrogen-bond donors (Lipinski definition) is 0. The highest BCUT2D eigenvalue weighted by Crippen LogP contribution is 2.48. The predicted molar refractivity (Wildman–Crippen MR) is 291 cm³/mol. The summed E-state index contributed by atoms with van der Waals surface area (Å²) in [5, 5.41) is 0. The van der Waals surface area contributed by atoms with Crippen molar-refractivity contribution in [3.8, 4) is 11.1 Å². The Morgan fingerprint density at radius 2 is 0.768 bits per heavy atom. The minimum atomic E-state index is -0.186. The zero-order chi connectivity index (χ0) is 46.4. The zero-order valence-corrected chi connectivity index (χ0v) is 38.4. The van der Waals surface area contributed by atoms with Crippen LogP contribution in [-0.2, 0) is 0 Å². The lowest BCUT2D eigenvalue weighted by molar-refractivity contribution is 1.23. The highest BCUT2D eigenvalue weighted by molar-refractivity contribution is 7.00. The van der Waals surface area contributed by atoms with Gasteiger partial charge in [0.25, 0.3) is 6.71 Å². The molecular formula is C63H46BN5. The minimum absolute atomic E-state index is 0.186. The Labute approximate surface area is 404 Å². The number of para-hydroxylation sites is 4. The van der Waals surface area contributed by atoms with Gasteiger partial charge in [0.05, 0.1) is 6.57 Å². The van der Waals surface area contributed by atoms with E-state index in [1.165, 1.54) is 27.5 Å². The second-order valence-electron chi connectivity index (χ2n) is 17.9. The fourth-order valence-electron chi connectivity index (χ4n) is 10.3. The summed E-state index contributed by atoms with van der Waals surface area (Å²) in [6.45, 7) is 12.1. The van der Waals surface area contributed by atoms with Gasteiger partial charge in [-0.3, -0.25) is 0 Å². The molecule has 0 aliphatic carbocycles. The van der Waals surface area contributed by atoms with Crippen molar-refractivity contribution in [2.75, 3.05) is 19.6 Å². The van der Waals surface area contributed by atoms with Gasteiger partial charge in [-0.05, 0) is 169 Å². The minimum Gasteiger partial charge on any atom is -0.311 e. The Kier molecular flexibility index (Phi) is 10.4. The van der Waals surface area contributed by atoms with E-state index in [9.17, 15) is 0 Å². The smallest absolute Gasteiger partial charge is 0.252 e. The number of nitrogens with zero attached hydrogens (tertiary/aromatic N) is 5. The molecule has 6 heteroatoms. The van der Waals surface area contributed by atoms with Crippen molar-refractivity contribution in [2.24, 2.45) is 0 Å². The summed E-state index contributed by atoms with van der Waals surface area (Å²) < 4.78 is 0. The summed E-state index contributed by atoms with van der Waals surface area (Å²) >= 11 is 0. The fourth-order valence-corrected chi connectivity index (χ4v) is 10.3. The van der Waals surface area contributed by atoms with Crippen LogP contribution in [0.15, 0.2) is 243 Å². The maximum atomic E-state index is 7.97. The standard InChI is InChI=1S/C63H46BN5/c1-44-27-31-53(32-28-44)68-59-37-35-55(66(49-19-8-4-9-20-49)50-21-10-5-11-22-50)42-57(59)64-58-43-56(67(51-23-12-6-13-24-51)52-25-14-7-15-26-52)36-38-60(58)69(54-33-29-45(2)30-34-54)62-41-47(40-61(68)63(62)64)46-17-16-18-48(39-46)65-3/h4-43H,1-2H3. The van der Waals surface area contributed by atoms with Crippen LogP contribution in [0.2, 0.25) is 0 Å². The molecule has 69 heavy (non-hydrogen) atoms. The predicted octanol–water partition coefficient (Wildman–Crippen LogP) is 15.5. The molecule has 12 rings (SSSR count). The summed E-state index contributed by atoms with van der Waals surface area (Å²) in [7, 11) is 0. The van der Waals surface area contributed by atoms with Crippen LogP contribution >= 0.6 is 0 Å². The molecule has 0 saturated carbocycles. The van der Waals surface area contributed by atoms with E-state index in [4.69, 9.17) is 6.57 Å². The van der Waals surface area contributed by atoms with Crippen molar-refractivity contribution in [2.45, 2.75) is 13.8 Å². The Morgan fingerprint density at radius 1 is 0.362 bits per heavy atom. The number of anilines is 12. The van der Waals surface area contributed by atoms with E-state index < -0.39 is 0 Å². The van der Waals surface area contributed by atoms with E-state index in [0.29, 0.717) is 5.69 Å². The molecule has 0 radical (unpaired) electrons. The maximum absolute atomic E-state index is 7.97. The molecule has 0 spiro atoms. The van der Waals surface area contributed by atoms with Crippen LogP contribution in [0.25, 0.3) is 16.0 Å². The average molecular weight is 884 g/mol. The van der Waals surface area contributed by atoms with E-state index >= 15 is 0 Å². The molecule has 2 aliphatic heterocycles. The lowest BCUT2D eigenvalue weighted by atomic mass is 9.33. The highest BCUT2D eigenvalue weighted by Gasteiger charge is 2.44. The van der Waals surface area contributed by atoms with Crippen molar-refractivity contribution in [3.63, 3.8) is 0 Å². The van der Waals surface area contributed by atoms with Crippen LogP contribution in [0.4, 0.5) is 73.9 Å². The van der Waals surface area contributed by atoms with Gasteiger partial charge in [0, 0.05) is 68.2 Å².